The van der Waals surface area contributed by atoms with Crippen LogP contribution in [0.1, 0.15) is 126 Å². The Morgan fingerprint density at radius 3 is 1.72 bits per heavy atom. The van der Waals surface area contributed by atoms with Gasteiger partial charge in [0, 0.05) is 17.7 Å². The molecule has 0 saturated heterocycles. The van der Waals surface area contributed by atoms with Crippen LogP contribution in [0, 0.1) is 0 Å². The Hall–Kier alpha value is -1.75. The number of nitrogens with one attached hydrogen (secondary N) is 1. The molecule has 32 heavy (non-hydrogen) atoms. The van der Waals surface area contributed by atoms with Gasteiger partial charge in [0.15, 0.2) is 11.5 Å². The van der Waals surface area contributed by atoms with Crippen LogP contribution in [0.25, 0.3) is 0 Å². The molecule has 0 saturated carbocycles. The standard InChI is InChI=1S/C27H47NO4/c1-3-4-5-6-7-8-9-10-11-12-13-14-15-16-17-18-19-28-27(31)23-20-24(22-29)26(30)25(21-23)32-2/h20-21,29-30H,3-19,22H2,1-2H3,(H,28,31). The van der Waals surface area contributed by atoms with E-state index in [4.69, 9.17) is 4.74 Å². The molecule has 1 rings (SSSR count). The first-order chi connectivity index (χ1) is 15.6. The topological polar surface area (TPSA) is 78.8 Å². The number of amides is 1. The fourth-order valence-electron chi connectivity index (χ4n) is 4.05. The molecule has 0 radical (unpaired) electrons. The van der Waals surface area contributed by atoms with Gasteiger partial charge in [0.1, 0.15) is 0 Å². The Morgan fingerprint density at radius 1 is 0.812 bits per heavy atom. The molecule has 5 nitrogen and oxygen atoms in total. The van der Waals surface area contributed by atoms with Gasteiger partial charge in [-0.2, -0.15) is 0 Å². The zero-order chi connectivity index (χ0) is 23.4. The largest absolute Gasteiger partial charge is 0.504 e. The highest BCUT2D eigenvalue weighted by molar-refractivity contribution is 5.95. The van der Waals surface area contributed by atoms with E-state index in [0.29, 0.717) is 12.1 Å². The van der Waals surface area contributed by atoms with Crippen LogP contribution in [0.4, 0.5) is 0 Å². The van der Waals surface area contributed by atoms with E-state index in [9.17, 15) is 15.0 Å². The number of hydrogen-bond donors (Lipinski definition) is 3. The van der Waals surface area contributed by atoms with E-state index in [-0.39, 0.29) is 29.6 Å². The summed E-state index contributed by atoms with van der Waals surface area (Å²) in [4.78, 5) is 12.3. The fourth-order valence-corrected chi connectivity index (χ4v) is 4.05. The molecule has 0 heterocycles. The molecule has 0 bridgehead atoms. The van der Waals surface area contributed by atoms with Gasteiger partial charge in [0.25, 0.3) is 5.91 Å². The molecule has 0 spiro atoms. The summed E-state index contributed by atoms with van der Waals surface area (Å²) in [5.41, 5.74) is 0.678. The van der Waals surface area contributed by atoms with E-state index in [1.54, 1.807) is 0 Å². The van der Waals surface area contributed by atoms with E-state index in [0.717, 1.165) is 12.8 Å². The van der Waals surface area contributed by atoms with Crippen molar-refractivity contribution in [2.75, 3.05) is 13.7 Å². The van der Waals surface area contributed by atoms with Crippen LogP contribution in [0.15, 0.2) is 12.1 Å². The molecule has 5 heteroatoms. The molecule has 1 aromatic rings. The average Bonchev–Trinajstić information content (AvgIpc) is 2.81. The average molecular weight is 450 g/mol. The van der Waals surface area contributed by atoms with Crippen LogP contribution in [0.3, 0.4) is 0 Å². The van der Waals surface area contributed by atoms with Gasteiger partial charge >= 0.3 is 0 Å². The Labute approximate surface area is 196 Å². The zero-order valence-electron chi connectivity index (χ0n) is 20.6. The first-order valence-corrected chi connectivity index (χ1v) is 12.9. The highest BCUT2D eigenvalue weighted by Gasteiger charge is 2.14. The fraction of sp³-hybridized carbons (Fsp3) is 0.741. The minimum absolute atomic E-state index is 0.121. The molecule has 0 unspecified atom stereocenters. The second kappa shape index (κ2) is 18.8. The quantitative estimate of drug-likeness (QED) is 0.189. The molecule has 0 aliphatic rings. The molecule has 0 aliphatic heterocycles. The molecule has 0 aromatic heterocycles. The highest BCUT2D eigenvalue weighted by Crippen LogP contribution is 2.31. The van der Waals surface area contributed by atoms with Gasteiger partial charge in [-0.25, -0.2) is 0 Å². The maximum absolute atomic E-state index is 12.3. The van der Waals surface area contributed by atoms with Crippen molar-refractivity contribution in [3.8, 4) is 11.5 Å². The number of unbranched alkanes of at least 4 members (excludes halogenated alkanes) is 15. The molecule has 1 amide bonds. The van der Waals surface area contributed by atoms with Crippen molar-refractivity contribution in [3.63, 3.8) is 0 Å². The lowest BCUT2D eigenvalue weighted by Crippen LogP contribution is -2.24. The van der Waals surface area contributed by atoms with Crippen molar-refractivity contribution in [1.82, 2.24) is 5.32 Å². The van der Waals surface area contributed by atoms with Crippen LogP contribution in [0.2, 0.25) is 0 Å². The number of aliphatic hydroxyl groups is 1. The van der Waals surface area contributed by atoms with Gasteiger partial charge in [-0.15, -0.1) is 0 Å². The summed E-state index contributed by atoms with van der Waals surface area (Å²) in [5.74, 6) is -0.132. The molecule has 1 aromatic carbocycles. The number of methoxy groups -OCH3 is 1. The van der Waals surface area contributed by atoms with Gasteiger partial charge < -0.3 is 20.3 Å². The highest BCUT2D eigenvalue weighted by atomic mass is 16.5. The van der Waals surface area contributed by atoms with Crippen molar-refractivity contribution >= 4 is 5.91 Å². The first-order valence-electron chi connectivity index (χ1n) is 12.9. The van der Waals surface area contributed by atoms with Crippen LogP contribution in [-0.4, -0.2) is 29.8 Å². The maximum atomic E-state index is 12.3. The minimum Gasteiger partial charge on any atom is -0.504 e. The van der Waals surface area contributed by atoms with Crippen molar-refractivity contribution in [2.24, 2.45) is 0 Å². The van der Waals surface area contributed by atoms with E-state index < -0.39 is 0 Å². The van der Waals surface area contributed by atoms with Crippen LogP contribution < -0.4 is 10.1 Å². The second-order valence-corrected chi connectivity index (χ2v) is 8.90. The number of hydrogen-bond acceptors (Lipinski definition) is 4. The molecular weight excluding hydrogens is 402 g/mol. The van der Waals surface area contributed by atoms with Crippen LogP contribution in [0.5, 0.6) is 11.5 Å². The number of ether oxygens (including phenoxy) is 1. The lowest BCUT2D eigenvalue weighted by atomic mass is 10.0. The van der Waals surface area contributed by atoms with Gasteiger partial charge in [0.05, 0.1) is 13.7 Å². The molecule has 3 N–H and O–H groups in total. The summed E-state index contributed by atoms with van der Waals surface area (Å²) in [5, 5.41) is 22.2. The SMILES string of the molecule is CCCCCCCCCCCCCCCCCCNC(=O)c1cc(CO)c(O)c(OC)c1. The number of aliphatic hydroxyl groups excluding tert-OH is 1. The lowest BCUT2D eigenvalue weighted by molar-refractivity contribution is 0.0952. The van der Waals surface area contributed by atoms with Crippen LogP contribution in [-0.2, 0) is 6.61 Å². The Bertz CT molecular complexity index is 593. The summed E-state index contributed by atoms with van der Waals surface area (Å²) in [7, 11) is 1.42. The summed E-state index contributed by atoms with van der Waals surface area (Å²) < 4.78 is 5.08. The first kappa shape index (κ1) is 28.3. The van der Waals surface area contributed by atoms with E-state index >= 15 is 0 Å². The van der Waals surface area contributed by atoms with Crippen molar-refractivity contribution in [1.29, 1.82) is 0 Å². The number of carbonyl (C=O) groups is 1. The smallest absolute Gasteiger partial charge is 0.251 e. The maximum Gasteiger partial charge on any atom is 0.251 e. The molecule has 0 fully saturated rings. The number of rotatable bonds is 20. The second-order valence-electron chi connectivity index (χ2n) is 8.90. The third-order valence-electron chi connectivity index (χ3n) is 6.12. The Balaban J connectivity index is 1.97. The number of benzene rings is 1. The molecule has 0 aliphatic carbocycles. The van der Waals surface area contributed by atoms with E-state index in [2.05, 4.69) is 12.2 Å². The monoisotopic (exact) mass is 449 g/mol. The van der Waals surface area contributed by atoms with Gasteiger partial charge in [-0.1, -0.05) is 103 Å². The van der Waals surface area contributed by atoms with Crippen molar-refractivity contribution < 1.29 is 19.7 Å². The summed E-state index contributed by atoms with van der Waals surface area (Å²) >= 11 is 0. The summed E-state index contributed by atoms with van der Waals surface area (Å²) in [6.45, 7) is 2.56. The van der Waals surface area contributed by atoms with Crippen molar-refractivity contribution in [3.05, 3.63) is 23.3 Å². The predicted octanol–water partition coefficient (Wildman–Crippen LogP) is 6.88. The molecular formula is C27H47NO4. The van der Waals surface area contributed by atoms with E-state index in [1.165, 1.54) is 109 Å². The summed E-state index contributed by atoms with van der Waals surface area (Å²) in [6.07, 6.45) is 21.3. The van der Waals surface area contributed by atoms with Gasteiger partial charge in [-0.3, -0.25) is 4.79 Å². The molecule has 0 atom stereocenters. The van der Waals surface area contributed by atoms with Gasteiger partial charge in [-0.05, 0) is 18.6 Å². The Kier molecular flexibility index (Phi) is 16.6. The summed E-state index contributed by atoms with van der Waals surface area (Å²) in [6, 6.07) is 3.00. The number of phenols is 1. The van der Waals surface area contributed by atoms with Crippen LogP contribution >= 0.6 is 0 Å². The number of aromatic hydroxyl groups is 1. The van der Waals surface area contributed by atoms with Gasteiger partial charge in [0.2, 0.25) is 0 Å². The zero-order valence-corrected chi connectivity index (χ0v) is 20.6. The normalized spacial score (nSPS) is 11.0. The third-order valence-corrected chi connectivity index (χ3v) is 6.12. The van der Waals surface area contributed by atoms with Crippen molar-refractivity contribution in [2.45, 2.75) is 116 Å². The Morgan fingerprint density at radius 2 is 1.28 bits per heavy atom. The predicted molar refractivity (Wildman–Crippen MR) is 132 cm³/mol. The number of carbonyl (C=O) groups excluding carboxylic acids is 1. The van der Waals surface area contributed by atoms with E-state index in [1.807, 2.05) is 0 Å². The lowest BCUT2D eigenvalue weighted by Gasteiger charge is -2.11. The minimum atomic E-state index is -0.345. The molecule has 184 valence electrons. The third kappa shape index (κ3) is 12.3.